The summed E-state index contributed by atoms with van der Waals surface area (Å²) in [4.78, 5) is 25.5. The van der Waals surface area contributed by atoms with E-state index in [1.165, 1.54) is 16.4 Å². The fourth-order valence-corrected chi connectivity index (χ4v) is 1.77. The third-order valence-corrected chi connectivity index (χ3v) is 2.78. The van der Waals surface area contributed by atoms with Crippen molar-refractivity contribution in [2.24, 2.45) is 7.05 Å². The highest BCUT2D eigenvalue weighted by atomic mass is 32.2. The molecular formula is C8H10N4O2S. The number of thioether (sulfide) groups is 1. The van der Waals surface area contributed by atoms with Crippen molar-refractivity contribution in [2.45, 2.75) is 23.8 Å². The van der Waals surface area contributed by atoms with Crippen LogP contribution in [-0.4, -0.2) is 20.0 Å². The maximum atomic E-state index is 11.0. The molecule has 0 saturated carbocycles. The molecule has 1 unspecified atom stereocenters. The molecule has 0 aromatic carbocycles. The number of rotatable bonds is 3. The molecule has 0 fully saturated rings. The predicted molar refractivity (Wildman–Crippen MR) is 55.6 cm³/mol. The average Bonchev–Trinajstić information content (AvgIpc) is 2.14. The fourth-order valence-electron chi connectivity index (χ4n) is 0.916. The zero-order valence-corrected chi connectivity index (χ0v) is 9.17. The Kier molecular flexibility index (Phi) is 3.68. The molecule has 7 heteroatoms. The van der Waals surface area contributed by atoms with Crippen LogP contribution in [0.15, 0.2) is 14.7 Å². The number of H-pyrrole nitrogens is 1. The highest BCUT2D eigenvalue weighted by Gasteiger charge is 2.09. The molecule has 0 amide bonds. The monoisotopic (exact) mass is 226 g/mol. The summed E-state index contributed by atoms with van der Waals surface area (Å²) in [6.07, 6.45) is 0.361. The molecule has 0 radical (unpaired) electrons. The molecule has 0 aliphatic rings. The summed E-state index contributed by atoms with van der Waals surface area (Å²) in [6.45, 7) is 1.85. The van der Waals surface area contributed by atoms with Gasteiger partial charge in [0.25, 0.3) is 0 Å². The Morgan fingerprint density at radius 3 is 2.93 bits per heavy atom. The second kappa shape index (κ2) is 4.79. The Balaban J connectivity index is 2.97. The van der Waals surface area contributed by atoms with Crippen LogP contribution >= 0.6 is 11.8 Å². The van der Waals surface area contributed by atoms with Gasteiger partial charge in [0.05, 0.1) is 6.07 Å². The van der Waals surface area contributed by atoms with E-state index in [0.29, 0.717) is 11.6 Å². The number of nitriles is 1. The quantitative estimate of drug-likeness (QED) is 0.572. The molecule has 6 nitrogen and oxygen atoms in total. The lowest BCUT2D eigenvalue weighted by molar-refractivity contribution is 0.595. The molecule has 1 atom stereocenters. The molecular weight excluding hydrogens is 216 g/mol. The van der Waals surface area contributed by atoms with Crippen molar-refractivity contribution >= 4 is 11.8 Å². The highest BCUT2D eigenvalue weighted by Crippen LogP contribution is 2.20. The van der Waals surface area contributed by atoms with Gasteiger partial charge >= 0.3 is 11.1 Å². The Morgan fingerprint density at radius 1 is 1.67 bits per heavy atom. The SMILES string of the molecule is CC(CC#N)Sc1nc(=O)c(=O)[nH]n1C. The molecule has 80 valence electrons. The third-order valence-electron chi connectivity index (χ3n) is 1.63. The lowest BCUT2D eigenvalue weighted by Crippen LogP contribution is -2.34. The first kappa shape index (κ1) is 11.5. The van der Waals surface area contributed by atoms with Gasteiger partial charge in [-0.3, -0.25) is 19.4 Å². The molecule has 1 N–H and O–H groups in total. The summed E-state index contributed by atoms with van der Waals surface area (Å²) >= 11 is 1.28. The van der Waals surface area contributed by atoms with Crippen molar-refractivity contribution in [1.82, 2.24) is 14.8 Å². The van der Waals surface area contributed by atoms with Gasteiger partial charge in [0.2, 0.25) is 0 Å². The number of nitrogens with one attached hydrogen (secondary N) is 1. The van der Waals surface area contributed by atoms with Crippen LogP contribution in [0.5, 0.6) is 0 Å². The number of hydrogen-bond donors (Lipinski definition) is 1. The van der Waals surface area contributed by atoms with Gasteiger partial charge in [-0.1, -0.05) is 18.7 Å². The Bertz CT molecular complexity index is 499. The van der Waals surface area contributed by atoms with E-state index in [9.17, 15) is 9.59 Å². The van der Waals surface area contributed by atoms with E-state index < -0.39 is 11.1 Å². The molecule has 1 rings (SSSR count). The zero-order valence-electron chi connectivity index (χ0n) is 8.35. The highest BCUT2D eigenvalue weighted by molar-refractivity contribution is 7.99. The fraction of sp³-hybridized carbons (Fsp3) is 0.500. The van der Waals surface area contributed by atoms with Gasteiger partial charge in [0.1, 0.15) is 0 Å². The second-order valence-corrected chi connectivity index (χ2v) is 4.40. The van der Waals surface area contributed by atoms with Crippen LogP contribution in [0.4, 0.5) is 0 Å². The van der Waals surface area contributed by atoms with Gasteiger partial charge in [-0.05, 0) is 0 Å². The van der Waals surface area contributed by atoms with Gasteiger partial charge < -0.3 is 0 Å². The Hall–Kier alpha value is -1.55. The van der Waals surface area contributed by atoms with Gasteiger partial charge in [-0.2, -0.15) is 10.2 Å². The number of nitrogens with zero attached hydrogens (tertiary/aromatic N) is 3. The van der Waals surface area contributed by atoms with Crippen LogP contribution in [0.2, 0.25) is 0 Å². The van der Waals surface area contributed by atoms with E-state index in [-0.39, 0.29) is 5.25 Å². The number of aromatic nitrogens is 3. The second-order valence-electron chi connectivity index (χ2n) is 2.99. The molecule has 0 bridgehead atoms. The summed E-state index contributed by atoms with van der Waals surface area (Å²) in [5.74, 6) is 0. The van der Waals surface area contributed by atoms with Crippen molar-refractivity contribution in [3.05, 3.63) is 20.7 Å². The number of aromatic amines is 1. The van der Waals surface area contributed by atoms with E-state index in [1.807, 2.05) is 13.0 Å². The van der Waals surface area contributed by atoms with Crippen molar-refractivity contribution in [3.8, 4) is 6.07 Å². The van der Waals surface area contributed by atoms with E-state index in [1.54, 1.807) is 7.05 Å². The topological polar surface area (TPSA) is 91.5 Å². The van der Waals surface area contributed by atoms with Crippen molar-refractivity contribution in [2.75, 3.05) is 0 Å². The minimum Gasteiger partial charge on any atom is -0.265 e. The van der Waals surface area contributed by atoms with Crippen LogP contribution in [0.3, 0.4) is 0 Å². The Morgan fingerprint density at radius 2 is 2.33 bits per heavy atom. The summed E-state index contributed by atoms with van der Waals surface area (Å²) in [7, 11) is 1.59. The first-order valence-corrected chi connectivity index (χ1v) is 5.13. The molecule has 0 spiro atoms. The van der Waals surface area contributed by atoms with Gasteiger partial charge in [-0.15, -0.1) is 0 Å². The summed E-state index contributed by atoms with van der Waals surface area (Å²) in [6, 6.07) is 2.03. The number of aryl methyl sites for hydroxylation is 1. The largest absolute Gasteiger partial charge is 0.339 e. The third kappa shape index (κ3) is 2.95. The van der Waals surface area contributed by atoms with Gasteiger partial charge in [0, 0.05) is 18.7 Å². The standard InChI is InChI=1S/C8H10N4O2S/c1-5(3-4-9)15-8-10-6(13)7(14)11-12(8)2/h5H,3H2,1-2H3,(H,11,14). The average molecular weight is 226 g/mol. The smallest absolute Gasteiger partial charge is 0.265 e. The van der Waals surface area contributed by atoms with Crippen LogP contribution in [0, 0.1) is 11.3 Å². The van der Waals surface area contributed by atoms with E-state index in [0.717, 1.165) is 0 Å². The maximum Gasteiger partial charge on any atom is 0.339 e. The Labute approximate surface area is 89.9 Å². The lowest BCUT2D eigenvalue weighted by Gasteiger charge is -2.08. The van der Waals surface area contributed by atoms with Crippen LogP contribution in [-0.2, 0) is 7.05 Å². The molecule has 0 saturated heterocycles. The van der Waals surface area contributed by atoms with E-state index in [2.05, 4.69) is 10.1 Å². The lowest BCUT2D eigenvalue weighted by atomic mass is 10.4. The molecule has 0 aliphatic heterocycles. The predicted octanol–water partition coefficient (Wildman–Crippen LogP) is -0.137. The van der Waals surface area contributed by atoms with E-state index in [4.69, 9.17) is 5.26 Å². The van der Waals surface area contributed by atoms with Crippen molar-refractivity contribution < 1.29 is 0 Å². The van der Waals surface area contributed by atoms with Crippen LogP contribution in [0.1, 0.15) is 13.3 Å². The van der Waals surface area contributed by atoms with Gasteiger partial charge in [-0.25, -0.2) is 0 Å². The zero-order chi connectivity index (χ0) is 11.4. The maximum absolute atomic E-state index is 11.0. The molecule has 15 heavy (non-hydrogen) atoms. The molecule has 1 aromatic heterocycles. The van der Waals surface area contributed by atoms with Crippen LogP contribution in [0.25, 0.3) is 0 Å². The van der Waals surface area contributed by atoms with Crippen LogP contribution < -0.4 is 11.1 Å². The summed E-state index contributed by atoms with van der Waals surface area (Å²) in [5, 5.41) is 11.2. The van der Waals surface area contributed by atoms with E-state index >= 15 is 0 Å². The van der Waals surface area contributed by atoms with Gasteiger partial charge in [0.15, 0.2) is 5.16 Å². The molecule has 1 aromatic rings. The minimum atomic E-state index is -0.806. The normalized spacial score (nSPS) is 12.1. The summed E-state index contributed by atoms with van der Waals surface area (Å²) < 4.78 is 1.38. The van der Waals surface area contributed by atoms with Crippen molar-refractivity contribution in [3.63, 3.8) is 0 Å². The van der Waals surface area contributed by atoms with Crippen molar-refractivity contribution in [1.29, 1.82) is 5.26 Å². The first-order valence-electron chi connectivity index (χ1n) is 4.25. The summed E-state index contributed by atoms with van der Waals surface area (Å²) in [5.41, 5.74) is -1.55. The molecule has 1 heterocycles. The molecule has 0 aliphatic carbocycles. The number of hydrogen-bond acceptors (Lipinski definition) is 5. The minimum absolute atomic E-state index is 0.0269. The first-order chi connectivity index (χ1) is 7.04.